The van der Waals surface area contributed by atoms with E-state index in [1.54, 1.807) is 0 Å². The molecule has 0 fully saturated rings. The largest absolute Gasteiger partial charge is 0.416 e. The van der Waals surface area contributed by atoms with Crippen LogP contribution in [0.3, 0.4) is 0 Å². The summed E-state index contributed by atoms with van der Waals surface area (Å²) in [6.07, 6.45) is -9.76. The predicted molar refractivity (Wildman–Crippen MR) is 71.0 cm³/mol. The zero-order chi connectivity index (χ0) is 16.7. The second-order valence-corrected chi connectivity index (χ2v) is 5.64. The minimum Gasteiger partial charge on any atom is -0.235 e. The number of benzene rings is 1. The summed E-state index contributed by atoms with van der Waals surface area (Å²) in [5.74, 6) is 0. The topological polar surface area (TPSA) is 30.7 Å². The molecule has 0 aliphatic rings. The SMILES string of the molecule is FC(F)(F)c1cc(Cn2nc(Br)nc2Br)cc(C(F)(F)F)c1. The summed E-state index contributed by atoms with van der Waals surface area (Å²) in [6, 6.07) is 1.38. The van der Waals surface area contributed by atoms with Gasteiger partial charge in [-0.1, -0.05) is 0 Å². The molecule has 120 valence electrons. The Morgan fingerprint density at radius 1 is 0.909 bits per heavy atom. The molecule has 1 aromatic carbocycles. The zero-order valence-electron chi connectivity index (χ0n) is 10.3. The van der Waals surface area contributed by atoms with E-state index in [-0.39, 0.29) is 27.6 Å². The van der Waals surface area contributed by atoms with Crippen molar-refractivity contribution in [3.63, 3.8) is 0 Å². The van der Waals surface area contributed by atoms with E-state index in [0.29, 0.717) is 12.1 Å². The maximum Gasteiger partial charge on any atom is 0.416 e. The van der Waals surface area contributed by atoms with Crippen LogP contribution in [0.5, 0.6) is 0 Å². The maximum absolute atomic E-state index is 12.7. The Labute approximate surface area is 136 Å². The molecule has 0 N–H and O–H groups in total. The van der Waals surface area contributed by atoms with Crippen molar-refractivity contribution in [1.82, 2.24) is 14.8 Å². The van der Waals surface area contributed by atoms with Crippen molar-refractivity contribution >= 4 is 31.9 Å². The number of aromatic nitrogens is 3. The highest BCUT2D eigenvalue weighted by molar-refractivity contribution is 9.11. The van der Waals surface area contributed by atoms with Crippen molar-refractivity contribution in [2.75, 3.05) is 0 Å². The van der Waals surface area contributed by atoms with Gasteiger partial charge in [-0.15, -0.1) is 5.10 Å². The Kier molecular flexibility index (Phi) is 4.58. The number of nitrogens with zero attached hydrogens (tertiary/aromatic N) is 3. The van der Waals surface area contributed by atoms with Crippen LogP contribution in [-0.2, 0) is 18.9 Å². The summed E-state index contributed by atoms with van der Waals surface area (Å²) in [5, 5.41) is 3.80. The molecule has 0 amide bonds. The Balaban J connectivity index is 2.48. The van der Waals surface area contributed by atoms with Crippen molar-refractivity contribution in [3.05, 3.63) is 44.4 Å². The van der Waals surface area contributed by atoms with Crippen LogP contribution in [0.25, 0.3) is 0 Å². The molecule has 0 aliphatic carbocycles. The number of alkyl halides is 6. The van der Waals surface area contributed by atoms with Gasteiger partial charge in [-0.25, -0.2) is 4.68 Å². The minimum atomic E-state index is -4.88. The zero-order valence-corrected chi connectivity index (χ0v) is 13.5. The second-order valence-electron chi connectivity index (χ2n) is 4.22. The van der Waals surface area contributed by atoms with Gasteiger partial charge in [0.25, 0.3) is 0 Å². The van der Waals surface area contributed by atoms with Gasteiger partial charge in [-0.2, -0.15) is 31.3 Å². The number of hydrogen-bond donors (Lipinski definition) is 0. The summed E-state index contributed by atoms with van der Waals surface area (Å²) in [5.41, 5.74) is -2.93. The third-order valence-corrected chi connectivity index (χ3v) is 3.50. The normalized spacial score (nSPS) is 12.7. The van der Waals surface area contributed by atoms with Crippen LogP contribution in [0, 0.1) is 0 Å². The van der Waals surface area contributed by atoms with E-state index < -0.39 is 23.5 Å². The van der Waals surface area contributed by atoms with E-state index in [4.69, 9.17) is 0 Å². The number of rotatable bonds is 2. The van der Waals surface area contributed by atoms with E-state index in [0.717, 1.165) is 4.68 Å². The van der Waals surface area contributed by atoms with Crippen LogP contribution in [0.1, 0.15) is 16.7 Å². The Bertz CT molecular complexity index is 660. The first-order valence-corrected chi connectivity index (χ1v) is 7.09. The molecule has 0 saturated carbocycles. The third kappa shape index (κ3) is 4.00. The minimum absolute atomic E-state index is 0.0792. The highest BCUT2D eigenvalue weighted by atomic mass is 79.9. The average Bonchev–Trinajstić information content (AvgIpc) is 2.65. The third-order valence-electron chi connectivity index (χ3n) is 2.58. The molecule has 0 aliphatic heterocycles. The van der Waals surface area contributed by atoms with Gasteiger partial charge < -0.3 is 0 Å². The lowest BCUT2D eigenvalue weighted by molar-refractivity contribution is -0.143. The summed E-state index contributed by atoms with van der Waals surface area (Å²) in [4.78, 5) is 3.79. The molecular formula is C11H5Br2F6N3. The van der Waals surface area contributed by atoms with E-state index in [2.05, 4.69) is 41.9 Å². The van der Waals surface area contributed by atoms with Crippen LogP contribution in [-0.4, -0.2) is 14.8 Å². The maximum atomic E-state index is 12.7. The van der Waals surface area contributed by atoms with E-state index in [1.165, 1.54) is 0 Å². The lowest BCUT2D eigenvalue weighted by Crippen LogP contribution is -2.13. The fraction of sp³-hybridized carbons (Fsp3) is 0.273. The standard InChI is InChI=1S/C11H5Br2F6N3/c12-8-20-9(13)22(21-8)4-5-1-6(10(14,15)16)3-7(2-5)11(17,18)19/h1-3H,4H2. The van der Waals surface area contributed by atoms with Crippen LogP contribution >= 0.6 is 31.9 Å². The van der Waals surface area contributed by atoms with Crippen molar-refractivity contribution in [2.24, 2.45) is 0 Å². The number of halogens is 8. The number of hydrogen-bond acceptors (Lipinski definition) is 2. The summed E-state index contributed by atoms with van der Waals surface area (Å²) in [6.45, 7) is -0.299. The van der Waals surface area contributed by atoms with Gasteiger partial charge in [0, 0.05) is 0 Å². The Morgan fingerprint density at radius 3 is 1.77 bits per heavy atom. The molecule has 0 radical (unpaired) electrons. The molecule has 1 aromatic heterocycles. The van der Waals surface area contributed by atoms with E-state index in [9.17, 15) is 26.3 Å². The molecule has 0 unspecified atom stereocenters. The fourth-order valence-electron chi connectivity index (χ4n) is 1.68. The molecule has 0 saturated heterocycles. The summed E-state index contributed by atoms with van der Waals surface area (Å²) >= 11 is 5.96. The first kappa shape index (κ1) is 17.3. The van der Waals surface area contributed by atoms with Crippen LogP contribution in [0.2, 0.25) is 0 Å². The van der Waals surface area contributed by atoms with Crippen molar-refractivity contribution in [1.29, 1.82) is 0 Å². The first-order chi connectivity index (χ1) is 9.96. The highest BCUT2D eigenvalue weighted by Gasteiger charge is 2.36. The highest BCUT2D eigenvalue weighted by Crippen LogP contribution is 2.36. The summed E-state index contributed by atoms with van der Waals surface area (Å²) in [7, 11) is 0. The van der Waals surface area contributed by atoms with Gasteiger partial charge in [0.15, 0.2) is 4.73 Å². The molecule has 3 nitrogen and oxygen atoms in total. The molecule has 0 spiro atoms. The smallest absolute Gasteiger partial charge is 0.235 e. The quantitative estimate of drug-likeness (QED) is 0.607. The van der Waals surface area contributed by atoms with Gasteiger partial charge in [-0.3, -0.25) is 0 Å². The van der Waals surface area contributed by atoms with Gasteiger partial charge in [0.05, 0.1) is 17.7 Å². The van der Waals surface area contributed by atoms with Gasteiger partial charge in [-0.05, 0) is 55.6 Å². The van der Waals surface area contributed by atoms with E-state index >= 15 is 0 Å². The average molecular weight is 453 g/mol. The van der Waals surface area contributed by atoms with E-state index in [1.807, 2.05) is 0 Å². The molecule has 22 heavy (non-hydrogen) atoms. The first-order valence-electron chi connectivity index (χ1n) is 5.51. The second kappa shape index (κ2) is 5.84. The fourth-order valence-corrected chi connectivity index (χ4v) is 2.65. The van der Waals surface area contributed by atoms with Crippen molar-refractivity contribution < 1.29 is 26.3 Å². The van der Waals surface area contributed by atoms with Crippen molar-refractivity contribution in [2.45, 2.75) is 18.9 Å². The Hall–Kier alpha value is -1.10. The molecule has 2 aromatic rings. The molecule has 0 atom stereocenters. The lowest BCUT2D eigenvalue weighted by Gasteiger charge is -2.14. The Morgan fingerprint density at radius 2 is 1.41 bits per heavy atom. The summed E-state index contributed by atoms with van der Waals surface area (Å²) < 4.78 is 77.9. The van der Waals surface area contributed by atoms with Gasteiger partial charge in [0.2, 0.25) is 4.73 Å². The predicted octanol–water partition coefficient (Wildman–Crippen LogP) is 4.89. The molecule has 0 bridgehead atoms. The molecule has 2 rings (SSSR count). The van der Waals surface area contributed by atoms with Crippen molar-refractivity contribution in [3.8, 4) is 0 Å². The lowest BCUT2D eigenvalue weighted by atomic mass is 10.0. The molecule has 11 heteroatoms. The van der Waals surface area contributed by atoms with Gasteiger partial charge in [0.1, 0.15) is 0 Å². The molecular weight excluding hydrogens is 448 g/mol. The van der Waals surface area contributed by atoms with Crippen LogP contribution < -0.4 is 0 Å². The van der Waals surface area contributed by atoms with Gasteiger partial charge >= 0.3 is 12.4 Å². The monoisotopic (exact) mass is 451 g/mol. The van der Waals surface area contributed by atoms with Crippen LogP contribution in [0.15, 0.2) is 27.7 Å². The van der Waals surface area contributed by atoms with Crippen LogP contribution in [0.4, 0.5) is 26.3 Å². The molecule has 1 heterocycles.